The average molecular weight is 540 g/mol. The third-order valence-corrected chi connectivity index (χ3v) is 8.95. The molecule has 40 heavy (non-hydrogen) atoms. The van der Waals surface area contributed by atoms with Crippen LogP contribution in [0.15, 0.2) is 48.8 Å². The number of benzene rings is 2. The Kier molecular flexibility index (Phi) is 7.04. The largest absolute Gasteiger partial charge is 0.497 e. The van der Waals surface area contributed by atoms with Gasteiger partial charge in [0.15, 0.2) is 0 Å². The van der Waals surface area contributed by atoms with E-state index in [-0.39, 0.29) is 18.2 Å². The molecule has 0 bridgehead atoms. The number of carbonyl (C=O) groups is 2. The van der Waals surface area contributed by atoms with Gasteiger partial charge < -0.3 is 15.0 Å². The van der Waals surface area contributed by atoms with Gasteiger partial charge in [-0.05, 0) is 72.9 Å². The molecule has 3 aliphatic rings. The van der Waals surface area contributed by atoms with Crippen LogP contribution in [0.1, 0.15) is 54.6 Å². The summed E-state index contributed by atoms with van der Waals surface area (Å²) in [6.07, 6.45) is 6.27. The molecule has 2 fully saturated rings. The number of aryl methyl sites for hydroxylation is 2. The number of methoxy groups -OCH3 is 1. The number of likely N-dealkylation sites (tertiary alicyclic amines) is 2. The van der Waals surface area contributed by atoms with E-state index < -0.39 is 0 Å². The standard InChI is InChI=1S/C32H37N5O3/c1-21-14-28(34-20-33-21)24-5-8-27-23(15-24)6-9-30(27)37-18-32(19-37)10-12-36(13-11-32)31(39)16-25-4-7-26(40-3)17-29(25)35-22(2)38/h4-5,7-8,14-15,17,20,30H,6,9-13,16,18-19H2,1-3H3,(H,35,38). The van der Waals surface area contributed by atoms with Crippen molar-refractivity contribution >= 4 is 17.5 Å². The number of anilines is 1. The number of nitrogens with one attached hydrogen (secondary N) is 1. The summed E-state index contributed by atoms with van der Waals surface area (Å²) in [6, 6.07) is 14.8. The Morgan fingerprint density at radius 2 is 1.88 bits per heavy atom. The van der Waals surface area contributed by atoms with E-state index in [1.165, 1.54) is 30.0 Å². The molecule has 0 radical (unpaired) electrons. The topological polar surface area (TPSA) is 87.7 Å². The molecular weight excluding hydrogens is 502 g/mol. The lowest BCUT2D eigenvalue weighted by Crippen LogP contribution is -2.61. The first-order valence-electron chi connectivity index (χ1n) is 14.2. The molecule has 1 aliphatic carbocycles. The van der Waals surface area contributed by atoms with Crippen LogP contribution in [-0.2, 0) is 22.4 Å². The Bertz CT molecular complexity index is 1440. The molecule has 2 amide bonds. The van der Waals surface area contributed by atoms with Gasteiger partial charge in [0.2, 0.25) is 11.8 Å². The molecule has 1 spiro atoms. The first kappa shape index (κ1) is 26.4. The maximum absolute atomic E-state index is 13.2. The Hall–Kier alpha value is -3.78. The molecule has 1 aromatic heterocycles. The van der Waals surface area contributed by atoms with Crippen LogP contribution in [-0.4, -0.2) is 64.9 Å². The van der Waals surface area contributed by atoms with Gasteiger partial charge in [0.25, 0.3) is 0 Å². The highest BCUT2D eigenvalue weighted by atomic mass is 16.5. The number of aromatic nitrogens is 2. The van der Waals surface area contributed by atoms with Crippen molar-refractivity contribution in [2.75, 3.05) is 38.6 Å². The molecule has 8 nitrogen and oxygen atoms in total. The lowest BCUT2D eigenvalue weighted by atomic mass is 9.71. The first-order valence-corrected chi connectivity index (χ1v) is 14.2. The minimum Gasteiger partial charge on any atom is -0.497 e. The predicted molar refractivity (Wildman–Crippen MR) is 154 cm³/mol. The lowest BCUT2D eigenvalue weighted by Gasteiger charge is -2.56. The Morgan fingerprint density at radius 1 is 1.07 bits per heavy atom. The summed E-state index contributed by atoms with van der Waals surface area (Å²) >= 11 is 0. The molecule has 3 aromatic rings. The summed E-state index contributed by atoms with van der Waals surface area (Å²) < 4.78 is 5.29. The minimum absolute atomic E-state index is 0.113. The van der Waals surface area contributed by atoms with Crippen LogP contribution in [0.2, 0.25) is 0 Å². The van der Waals surface area contributed by atoms with E-state index >= 15 is 0 Å². The maximum Gasteiger partial charge on any atom is 0.227 e. The number of hydrogen-bond donors (Lipinski definition) is 1. The monoisotopic (exact) mass is 539 g/mol. The van der Waals surface area contributed by atoms with Crippen LogP contribution >= 0.6 is 0 Å². The number of piperidine rings is 1. The van der Waals surface area contributed by atoms with E-state index in [1.54, 1.807) is 19.5 Å². The normalized spacial score (nSPS) is 19.7. The number of amides is 2. The number of carbonyl (C=O) groups excluding carboxylic acids is 2. The molecule has 2 aliphatic heterocycles. The Balaban J connectivity index is 1.04. The third kappa shape index (κ3) is 5.20. The van der Waals surface area contributed by atoms with Gasteiger partial charge in [0.05, 0.1) is 19.2 Å². The van der Waals surface area contributed by atoms with Crippen molar-refractivity contribution in [3.63, 3.8) is 0 Å². The molecule has 0 saturated carbocycles. The average Bonchev–Trinajstić information content (AvgIpc) is 3.35. The highest BCUT2D eigenvalue weighted by molar-refractivity contribution is 5.91. The van der Waals surface area contributed by atoms with E-state index in [4.69, 9.17) is 4.74 Å². The molecule has 6 rings (SSSR count). The molecule has 8 heteroatoms. The summed E-state index contributed by atoms with van der Waals surface area (Å²) in [6.45, 7) is 7.27. The van der Waals surface area contributed by atoms with Gasteiger partial charge in [-0.2, -0.15) is 0 Å². The van der Waals surface area contributed by atoms with Crippen molar-refractivity contribution in [3.05, 3.63) is 71.2 Å². The van der Waals surface area contributed by atoms with Crippen molar-refractivity contribution in [2.45, 2.75) is 52.0 Å². The van der Waals surface area contributed by atoms with E-state index in [0.717, 1.165) is 62.4 Å². The number of rotatable bonds is 6. The summed E-state index contributed by atoms with van der Waals surface area (Å²) in [5.74, 6) is 0.602. The van der Waals surface area contributed by atoms with Gasteiger partial charge in [-0.15, -0.1) is 0 Å². The SMILES string of the molecule is COc1ccc(CC(=O)N2CCC3(CC2)CN(C2CCc4cc(-c5cc(C)ncn5)ccc42)C3)c(NC(C)=O)c1. The summed E-state index contributed by atoms with van der Waals surface area (Å²) in [5, 5.41) is 2.84. The number of nitrogens with zero attached hydrogens (tertiary/aromatic N) is 4. The Morgan fingerprint density at radius 3 is 2.60 bits per heavy atom. The molecule has 1 unspecified atom stereocenters. The fraction of sp³-hybridized carbons (Fsp3) is 0.438. The molecular formula is C32H37N5O3. The molecule has 208 valence electrons. The second kappa shape index (κ2) is 10.7. The van der Waals surface area contributed by atoms with Crippen LogP contribution in [0, 0.1) is 12.3 Å². The van der Waals surface area contributed by atoms with Gasteiger partial charge >= 0.3 is 0 Å². The van der Waals surface area contributed by atoms with Gasteiger partial charge in [-0.1, -0.05) is 18.2 Å². The summed E-state index contributed by atoms with van der Waals surface area (Å²) in [4.78, 5) is 38.2. The number of fused-ring (bicyclic) bond motifs is 1. The van der Waals surface area contributed by atoms with Crippen molar-refractivity contribution in [2.24, 2.45) is 5.41 Å². The van der Waals surface area contributed by atoms with Crippen LogP contribution in [0.4, 0.5) is 5.69 Å². The lowest BCUT2D eigenvalue weighted by molar-refractivity contribution is -0.136. The Labute approximate surface area is 235 Å². The molecule has 2 aromatic carbocycles. The number of hydrogen-bond acceptors (Lipinski definition) is 6. The van der Waals surface area contributed by atoms with Crippen LogP contribution < -0.4 is 10.1 Å². The van der Waals surface area contributed by atoms with E-state index in [1.807, 2.05) is 30.0 Å². The van der Waals surface area contributed by atoms with Crippen molar-refractivity contribution < 1.29 is 14.3 Å². The van der Waals surface area contributed by atoms with Gasteiger partial charge in [-0.3, -0.25) is 14.5 Å². The van der Waals surface area contributed by atoms with Crippen molar-refractivity contribution in [3.8, 4) is 17.0 Å². The van der Waals surface area contributed by atoms with Crippen LogP contribution in [0.3, 0.4) is 0 Å². The molecule has 1 N–H and O–H groups in total. The quantitative estimate of drug-likeness (QED) is 0.494. The highest BCUT2D eigenvalue weighted by Gasteiger charge is 2.48. The zero-order valence-electron chi connectivity index (χ0n) is 23.6. The van der Waals surface area contributed by atoms with E-state index in [9.17, 15) is 9.59 Å². The molecule has 2 saturated heterocycles. The maximum atomic E-state index is 13.2. The smallest absolute Gasteiger partial charge is 0.227 e. The van der Waals surface area contributed by atoms with Crippen LogP contribution in [0.5, 0.6) is 5.75 Å². The summed E-state index contributed by atoms with van der Waals surface area (Å²) in [5.41, 5.74) is 7.82. The fourth-order valence-corrected chi connectivity index (χ4v) is 6.75. The second-order valence-electron chi connectivity index (χ2n) is 11.7. The predicted octanol–water partition coefficient (Wildman–Crippen LogP) is 4.57. The van der Waals surface area contributed by atoms with Crippen molar-refractivity contribution in [1.82, 2.24) is 19.8 Å². The van der Waals surface area contributed by atoms with E-state index in [2.05, 4.69) is 38.4 Å². The van der Waals surface area contributed by atoms with Crippen LogP contribution in [0.25, 0.3) is 11.3 Å². The molecule has 1 atom stereocenters. The minimum atomic E-state index is -0.164. The first-order chi connectivity index (χ1) is 19.3. The van der Waals surface area contributed by atoms with Gasteiger partial charge in [0.1, 0.15) is 12.1 Å². The number of ether oxygens (including phenoxy) is 1. The third-order valence-electron chi connectivity index (χ3n) is 8.95. The zero-order chi connectivity index (χ0) is 27.9. The molecule has 3 heterocycles. The highest BCUT2D eigenvalue weighted by Crippen LogP contribution is 2.48. The van der Waals surface area contributed by atoms with Gasteiger partial charge in [-0.25, -0.2) is 9.97 Å². The van der Waals surface area contributed by atoms with Gasteiger partial charge in [0, 0.05) is 62.2 Å². The van der Waals surface area contributed by atoms with E-state index in [0.29, 0.717) is 22.9 Å². The zero-order valence-corrected chi connectivity index (χ0v) is 23.6. The van der Waals surface area contributed by atoms with Crippen molar-refractivity contribution in [1.29, 1.82) is 0 Å². The fourth-order valence-electron chi connectivity index (χ4n) is 6.75. The second-order valence-corrected chi connectivity index (χ2v) is 11.7. The summed E-state index contributed by atoms with van der Waals surface area (Å²) in [7, 11) is 1.59.